The molecule has 1 aromatic carbocycles. The van der Waals surface area contributed by atoms with Gasteiger partial charge in [-0.2, -0.15) is 0 Å². The molecule has 1 aliphatic rings. The van der Waals surface area contributed by atoms with Crippen LogP contribution in [0, 0.1) is 0 Å². The monoisotopic (exact) mass is 484 g/mol. The van der Waals surface area contributed by atoms with E-state index in [2.05, 4.69) is 10.2 Å². The number of sulfone groups is 2. The number of rotatable bonds is 11. The van der Waals surface area contributed by atoms with Gasteiger partial charge in [-0.05, 0) is 56.4 Å². The second kappa shape index (κ2) is 10.4. The zero-order chi connectivity index (χ0) is 23.4. The molecule has 0 radical (unpaired) electrons. The van der Waals surface area contributed by atoms with Gasteiger partial charge in [-0.15, -0.1) is 0 Å². The highest BCUT2D eigenvalue weighted by Crippen LogP contribution is 2.28. The minimum Gasteiger partial charge on any atom is -0.494 e. The molecule has 1 N–H and O–H groups in total. The first-order valence-corrected chi connectivity index (χ1v) is 14.3. The lowest BCUT2D eigenvalue weighted by Crippen LogP contribution is -2.47. The van der Waals surface area contributed by atoms with E-state index >= 15 is 0 Å². The number of hydrogen-bond acceptors (Lipinski definition) is 8. The summed E-state index contributed by atoms with van der Waals surface area (Å²) in [6.07, 6.45) is 1.60. The van der Waals surface area contributed by atoms with Crippen LogP contribution < -0.4 is 10.1 Å². The van der Waals surface area contributed by atoms with E-state index in [4.69, 9.17) is 9.15 Å². The van der Waals surface area contributed by atoms with Gasteiger partial charge >= 0.3 is 0 Å². The number of nitrogens with zero attached hydrogens (tertiary/aromatic N) is 1. The summed E-state index contributed by atoms with van der Waals surface area (Å²) in [5, 5.41) is 2.19. The Kier molecular flexibility index (Phi) is 8.02. The minimum atomic E-state index is -3.86. The molecule has 0 bridgehead atoms. The normalized spacial score (nSPS) is 21.6. The Morgan fingerprint density at radius 3 is 2.38 bits per heavy atom. The maximum Gasteiger partial charge on any atom is 0.183 e. The predicted octanol–water partition coefficient (Wildman–Crippen LogP) is 2.29. The summed E-state index contributed by atoms with van der Waals surface area (Å²) in [6.45, 7) is 8.34. The molecule has 1 fully saturated rings. The van der Waals surface area contributed by atoms with E-state index in [1.807, 2.05) is 32.9 Å². The SMILES string of the molecule is CCOc1ccc(S(=O)(=O)[C@H]2CS(=O)(=O)C[C@@H]2NCC(c2ccco2)N(CC)CC)cc1. The third kappa shape index (κ3) is 5.54. The van der Waals surface area contributed by atoms with E-state index in [1.54, 1.807) is 18.4 Å². The van der Waals surface area contributed by atoms with Gasteiger partial charge in [0.15, 0.2) is 19.7 Å². The molecule has 1 unspecified atom stereocenters. The number of furan rings is 1. The minimum absolute atomic E-state index is 0.0983. The molecule has 2 heterocycles. The third-order valence-corrected chi connectivity index (χ3v) is 10.0. The first-order valence-electron chi connectivity index (χ1n) is 10.9. The highest BCUT2D eigenvalue weighted by Gasteiger charge is 2.46. The van der Waals surface area contributed by atoms with Crippen molar-refractivity contribution in [2.75, 3.05) is 37.7 Å². The van der Waals surface area contributed by atoms with E-state index in [0.717, 1.165) is 18.8 Å². The highest BCUT2D eigenvalue weighted by molar-refractivity contribution is 7.96. The predicted molar refractivity (Wildman–Crippen MR) is 123 cm³/mol. The second-order valence-electron chi connectivity index (χ2n) is 7.83. The summed E-state index contributed by atoms with van der Waals surface area (Å²) >= 11 is 0. The summed E-state index contributed by atoms with van der Waals surface area (Å²) in [5.74, 6) is 0.724. The van der Waals surface area contributed by atoms with Gasteiger partial charge in [0.2, 0.25) is 0 Å². The van der Waals surface area contributed by atoms with Crippen LogP contribution in [-0.2, 0) is 19.7 Å². The van der Waals surface area contributed by atoms with E-state index in [-0.39, 0.29) is 16.7 Å². The Morgan fingerprint density at radius 2 is 1.81 bits per heavy atom. The van der Waals surface area contributed by atoms with E-state index in [0.29, 0.717) is 18.9 Å². The van der Waals surface area contributed by atoms with Crippen molar-refractivity contribution in [1.82, 2.24) is 10.2 Å². The summed E-state index contributed by atoms with van der Waals surface area (Å²) in [6, 6.07) is 9.00. The molecule has 2 aromatic rings. The number of nitrogens with one attached hydrogen (secondary N) is 1. The van der Waals surface area contributed by atoms with E-state index in [1.165, 1.54) is 12.1 Å². The Morgan fingerprint density at radius 1 is 1.12 bits per heavy atom. The van der Waals surface area contributed by atoms with Crippen LogP contribution in [0.25, 0.3) is 0 Å². The van der Waals surface area contributed by atoms with Gasteiger partial charge in [-0.25, -0.2) is 16.8 Å². The summed E-state index contributed by atoms with van der Waals surface area (Å²) in [7, 11) is -7.35. The van der Waals surface area contributed by atoms with Crippen LogP contribution in [0.5, 0.6) is 5.75 Å². The smallest absolute Gasteiger partial charge is 0.183 e. The second-order valence-corrected chi connectivity index (χ2v) is 12.2. The molecule has 0 saturated carbocycles. The summed E-state index contributed by atoms with van der Waals surface area (Å²) < 4.78 is 62.5. The van der Waals surface area contributed by atoms with Crippen molar-refractivity contribution in [3.8, 4) is 5.75 Å². The molecule has 1 aromatic heterocycles. The molecule has 10 heteroatoms. The fourth-order valence-corrected chi connectivity index (χ4v) is 8.91. The van der Waals surface area contributed by atoms with Gasteiger partial charge in [0.25, 0.3) is 0 Å². The molecule has 32 heavy (non-hydrogen) atoms. The van der Waals surface area contributed by atoms with Crippen molar-refractivity contribution in [3.63, 3.8) is 0 Å². The number of benzene rings is 1. The molecule has 0 spiro atoms. The van der Waals surface area contributed by atoms with Crippen LogP contribution >= 0.6 is 0 Å². The van der Waals surface area contributed by atoms with Gasteiger partial charge in [0.1, 0.15) is 11.5 Å². The first-order chi connectivity index (χ1) is 15.2. The number of likely N-dealkylation sites (N-methyl/N-ethyl adjacent to an activating group) is 1. The maximum atomic E-state index is 13.3. The molecular weight excluding hydrogens is 452 g/mol. The Labute approximate surface area is 190 Å². The Hall–Kier alpha value is -1.88. The van der Waals surface area contributed by atoms with Crippen LogP contribution in [0.4, 0.5) is 0 Å². The zero-order valence-corrected chi connectivity index (χ0v) is 20.4. The highest BCUT2D eigenvalue weighted by atomic mass is 32.2. The van der Waals surface area contributed by atoms with Gasteiger partial charge < -0.3 is 14.5 Å². The van der Waals surface area contributed by atoms with Crippen LogP contribution in [0.1, 0.15) is 32.6 Å². The zero-order valence-electron chi connectivity index (χ0n) is 18.7. The molecule has 0 aliphatic carbocycles. The third-order valence-electron chi connectivity index (χ3n) is 5.86. The first kappa shape index (κ1) is 24.8. The Balaban J connectivity index is 1.83. The molecular formula is C22H32N2O6S2. The van der Waals surface area contributed by atoms with Gasteiger partial charge in [0, 0.05) is 12.6 Å². The van der Waals surface area contributed by atoms with Gasteiger partial charge in [0.05, 0.1) is 40.6 Å². The lowest BCUT2D eigenvalue weighted by molar-refractivity contribution is 0.185. The van der Waals surface area contributed by atoms with Gasteiger partial charge in [-0.1, -0.05) is 13.8 Å². The topological polar surface area (TPSA) is 106 Å². The average Bonchev–Trinajstić information content (AvgIpc) is 3.39. The molecule has 178 valence electrons. The maximum absolute atomic E-state index is 13.3. The van der Waals surface area contributed by atoms with Crippen molar-refractivity contribution in [1.29, 1.82) is 0 Å². The van der Waals surface area contributed by atoms with Crippen LogP contribution in [0.2, 0.25) is 0 Å². The molecule has 1 aliphatic heterocycles. The largest absolute Gasteiger partial charge is 0.494 e. The lowest BCUT2D eigenvalue weighted by atomic mass is 10.1. The molecule has 8 nitrogen and oxygen atoms in total. The van der Waals surface area contributed by atoms with Crippen LogP contribution in [-0.4, -0.2) is 70.8 Å². The summed E-state index contributed by atoms with van der Waals surface area (Å²) in [5.41, 5.74) is 0. The van der Waals surface area contributed by atoms with Crippen molar-refractivity contribution in [2.24, 2.45) is 0 Å². The quantitative estimate of drug-likeness (QED) is 0.518. The molecule has 0 amide bonds. The lowest BCUT2D eigenvalue weighted by Gasteiger charge is -2.30. The number of ether oxygens (including phenoxy) is 1. The van der Waals surface area contributed by atoms with Gasteiger partial charge in [-0.3, -0.25) is 4.90 Å². The fraction of sp³-hybridized carbons (Fsp3) is 0.545. The number of hydrogen-bond donors (Lipinski definition) is 1. The van der Waals surface area contributed by atoms with Crippen molar-refractivity contribution >= 4 is 19.7 Å². The van der Waals surface area contributed by atoms with Crippen molar-refractivity contribution < 1.29 is 26.0 Å². The van der Waals surface area contributed by atoms with Crippen molar-refractivity contribution in [2.45, 2.75) is 43.0 Å². The Bertz CT molecular complexity index is 1060. The summed E-state index contributed by atoms with van der Waals surface area (Å²) in [4.78, 5) is 2.28. The van der Waals surface area contributed by atoms with E-state index in [9.17, 15) is 16.8 Å². The van der Waals surface area contributed by atoms with Crippen LogP contribution in [0.15, 0.2) is 52.0 Å². The fourth-order valence-electron chi connectivity index (χ4n) is 4.20. The average molecular weight is 485 g/mol. The van der Waals surface area contributed by atoms with Crippen molar-refractivity contribution in [3.05, 3.63) is 48.4 Å². The molecule has 1 saturated heterocycles. The molecule has 3 atom stereocenters. The van der Waals surface area contributed by atoms with E-state index < -0.39 is 36.7 Å². The standard InChI is InChI=1S/C22H32N2O6S2/c1-4-24(5-2)20(21-8-7-13-30-21)14-23-19-15-31(25,26)16-22(19)32(27,28)18-11-9-17(10-12-18)29-6-3/h7-13,19-20,22-23H,4-6,14-16H2,1-3H3/t19-,20?,22-/m0/s1. The van der Waals surface area contributed by atoms with Crippen LogP contribution in [0.3, 0.4) is 0 Å². The molecule has 3 rings (SSSR count).